The van der Waals surface area contributed by atoms with Gasteiger partial charge in [0.05, 0.1) is 12.2 Å². The summed E-state index contributed by atoms with van der Waals surface area (Å²) in [6.45, 7) is 5.99. The molecule has 0 bridgehead atoms. The molecule has 0 aliphatic carbocycles. The van der Waals surface area contributed by atoms with E-state index in [0.29, 0.717) is 24.5 Å². The van der Waals surface area contributed by atoms with Gasteiger partial charge in [0.15, 0.2) is 11.5 Å². The molecule has 0 aliphatic rings. The molecule has 0 saturated heterocycles. The van der Waals surface area contributed by atoms with E-state index in [1.165, 1.54) is 0 Å². The highest BCUT2D eigenvalue weighted by molar-refractivity contribution is 5.92. The van der Waals surface area contributed by atoms with E-state index >= 15 is 0 Å². The van der Waals surface area contributed by atoms with E-state index in [1.54, 1.807) is 49.4 Å². The first-order chi connectivity index (χ1) is 11.6. The minimum absolute atomic E-state index is 0.222. The number of nitrogens with one attached hydrogen (secondary N) is 2. The fraction of sp³-hybridized carbons (Fsp3) is 0.176. The smallest absolute Gasteiger partial charge is 0.338 e. The molecule has 0 radical (unpaired) electrons. The van der Waals surface area contributed by atoms with Gasteiger partial charge < -0.3 is 15.4 Å². The van der Waals surface area contributed by atoms with Crippen LogP contribution in [0.5, 0.6) is 0 Å². The zero-order valence-corrected chi connectivity index (χ0v) is 13.3. The fourth-order valence-corrected chi connectivity index (χ4v) is 1.83. The lowest BCUT2D eigenvalue weighted by Gasteiger charge is -2.07. The van der Waals surface area contributed by atoms with Crippen LogP contribution in [0.4, 0.5) is 11.5 Å². The number of hydrogen-bond donors (Lipinski definition) is 2. The maximum absolute atomic E-state index is 11.7. The molecule has 0 aliphatic heterocycles. The molecule has 2 aromatic rings. The first kappa shape index (κ1) is 17.1. The van der Waals surface area contributed by atoms with Crippen molar-refractivity contribution in [1.29, 1.82) is 0 Å². The second kappa shape index (κ2) is 8.42. The van der Waals surface area contributed by atoms with Crippen molar-refractivity contribution >= 4 is 23.4 Å². The lowest BCUT2D eigenvalue weighted by Crippen LogP contribution is -2.24. The predicted octanol–water partition coefficient (Wildman–Crippen LogP) is 2.31. The van der Waals surface area contributed by atoms with Crippen molar-refractivity contribution in [3.05, 3.63) is 60.3 Å². The second-order valence-electron chi connectivity index (χ2n) is 4.73. The number of nitrogens with zero attached hydrogens (tertiary/aromatic N) is 2. The lowest BCUT2D eigenvalue weighted by atomic mass is 10.2. The van der Waals surface area contributed by atoms with Gasteiger partial charge in [-0.2, -0.15) is 0 Å². The maximum Gasteiger partial charge on any atom is 0.338 e. The maximum atomic E-state index is 11.7. The van der Waals surface area contributed by atoms with Crippen LogP contribution in [-0.2, 0) is 4.74 Å². The summed E-state index contributed by atoms with van der Waals surface area (Å²) >= 11 is 0. The van der Waals surface area contributed by atoms with Gasteiger partial charge in [-0.3, -0.25) is 4.79 Å². The molecule has 0 unspecified atom stereocenters. The Kier molecular flexibility index (Phi) is 6.01. The Bertz CT molecular complexity index is 712. The van der Waals surface area contributed by atoms with Gasteiger partial charge in [-0.05, 0) is 43.3 Å². The lowest BCUT2D eigenvalue weighted by molar-refractivity contribution is 0.0526. The molecule has 0 saturated carbocycles. The Balaban J connectivity index is 1.99. The standard InChI is InChI=1S/C17H18N4O3/c1-3-11-18-16(22)14-9-10-15(21-20-14)19-13-7-5-12(6-8-13)17(23)24-4-2/h3,5-10H,1,4,11H2,2H3,(H,18,22)(H,19,21). The van der Waals surface area contributed by atoms with Crippen molar-refractivity contribution in [3.63, 3.8) is 0 Å². The van der Waals surface area contributed by atoms with E-state index in [4.69, 9.17) is 4.74 Å². The number of ether oxygens (including phenoxy) is 1. The minimum Gasteiger partial charge on any atom is -0.462 e. The Morgan fingerprint density at radius 3 is 2.50 bits per heavy atom. The molecule has 2 N–H and O–H groups in total. The molecule has 0 spiro atoms. The Hall–Kier alpha value is -3.22. The van der Waals surface area contributed by atoms with E-state index in [2.05, 4.69) is 27.4 Å². The van der Waals surface area contributed by atoms with Gasteiger partial charge in [-0.15, -0.1) is 16.8 Å². The molecule has 24 heavy (non-hydrogen) atoms. The molecule has 1 amide bonds. The fourth-order valence-electron chi connectivity index (χ4n) is 1.83. The van der Waals surface area contributed by atoms with Crippen LogP contribution in [0.15, 0.2) is 49.1 Å². The summed E-state index contributed by atoms with van der Waals surface area (Å²) in [7, 11) is 0. The molecule has 124 valence electrons. The summed E-state index contributed by atoms with van der Waals surface area (Å²) < 4.78 is 4.92. The zero-order chi connectivity index (χ0) is 17.4. The van der Waals surface area contributed by atoms with Crippen LogP contribution in [0.25, 0.3) is 0 Å². The van der Waals surface area contributed by atoms with Gasteiger partial charge in [0.1, 0.15) is 0 Å². The number of anilines is 2. The predicted molar refractivity (Wildman–Crippen MR) is 90.2 cm³/mol. The molecule has 1 aromatic heterocycles. The molecule has 1 aromatic carbocycles. The third kappa shape index (κ3) is 4.64. The normalized spacial score (nSPS) is 9.88. The van der Waals surface area contributed by atoms with Crippen LogP contribution in [0.1, 0.15) is 27.8 Å². The van der Waals surface area contributed by atoms with Crippen molar-refractivity contribution in [1.82, 2.24) is 15.5 Å². The largest absolute Gasteiger partial charge is 0.462 e. The van der Waals surface area contributed by atoms with Crippen LogP contribution < -0.4 is 10.6 Å². The number of carbonyl (C=O) groups is 2. The van der Waals surface area contributed by atoms with Gasteiger partial charge in [0, 0.05) is 12.2 Å². The van der Waals surface area contributed by atoms with Gasteiger partial charge in [-0.1, -0.05) is 6.08 Å². The number of aromatic nitrogens is 2. The number of esters is 1. The summed E-state index contributed by atoms with van der Waals surface area (Å²) in [5.74, 6) is -0.189. The molecular formula is C17H18N4O3. The number of rotatable bonds is 7. The van der Waals surface area contributed by atoms with Gasteiger partial charge in [0.2, 0.25) is 0 Å². The van der Waals surface area contributed by atoms with Crippen molar-refractivity contribution in [3.8, 4) is 0 Å². The Morgan fingerprint density at radius 1 is 1.17 bits per heavy atom. The molecule has 1 heterocycles. The molecule has 0 atom stereocenters. The second-order valence-corrected chi connectivity index (χ2v) is 4.73. The summed E-state index contributed by atoms with van der Waals surface area (Å²) in [4.78, 5) is 23.3. The van der Waals surface area contributed by atoms with Crippen LogP contribution in [0.3, 0.4) is 0 Å². The molecule has 7 nitrogen and oxygen atoms in total. The highest BCUT2D eigenvalue weighted by Gasteiger charge is 2.08. The average molecular weight is 326 g/mol. The first-order valence-electron chi connectivity index (χ1n) is 7.41. The van der Waals surface area contributed by atoms with Crippen LogP contribution >= 0.6 is 0 Å². The molecule has 7 heteroatoms. The highest BCUT2D eigenvalue weighted by atomic mass is 16.5. The molecular weight excluding hydrogens is 308 g/mol. The Morgan fingerprint density at radius 2 is 1.92 bits per heavy atom. The number of amides is 1. The third-order valence-electron chi connectivity index (χ3n) is 2.97. The van der Waals surface area contributed by atoms with Gasteiger partial charge in [0.25, 0.3) is 5.91 Å². The Labute approximate surface area is 139 Å². The summed E-state index contributed by atoms with van der Waals surface area (Å²) in [6, 6.07) is 10.0. The van der Waals surface area contributed by atoms with E-state index in [-0.39, 0.29) is 17.6 Å². The first-order valence-corrected chi connectivity index (χ1v) is 7.41. The zero-order valence-electron chi connectivity index (χ0n) is 13.3. The van der Waals surface area contributed by atoms with E-state index in [1.807, 2.05) is 0 Å². The van der Waals surface area contributed by atoms with Crippen LogP contribution in [0, 0.1) is 0 Å². The molecule has 0 fully saturated rings. The SMILES string of the molecule is C=CCNC(=O)c1ccc(Nc2ccc(C(=O)OCC)cc2)nn1. The third-order valence-corrected chi connectivity index (χ3v) is 2.97. The van der Waals surface area contributed by atoms with Gasteiger partial charge in [-0.25, -0.2) is 4.79 Å². The van der Waals surface area contributed by atoms with Crippen molar-refractivity contribution in [2.45, 2.75) is 6.92 Å². The summed E-state index contributed by atoms with van der Waals surface area (Å²) in [5.41, 5.74) is 1.43. The highest BCUT2D eigenvalue weighted by Crippen LogP contribution is 2.15. The van der Waals surface area contributed by atoms with Crippen molar-refractivity contribution in [2.24, 2.45) is 0 Å². The van der Waals surface area contributed by atoms with Crippen molar-refractivity contribution in [2.75, 3.05) is 18.5 Å². The van der Waals surface area contributed by atoms with Gasteiger partial charge >= 0.3 is 5.97 Å². The number of hydrogen-bond acceptors (Lipinski definition) is 6. The van der Waals surface area contributed by atoms with Crippen LogP contribution in [-0.4, -0.2) is 35.2 Å². The molecule has 2 rings (SSSR count). The number of benzene rings is 1. The van der Waals surface area contributed by atoms with E-state index in [9.17, 15) is 9.59 Å². The number of carbonyl (C=O) groups excluding carboxylic acids is 2. The summed E-state index contributed by atoms with van der Waals surface area (Å²) in [6.07, 6.45) is 1.58. The van der Waals surface area contributed by atoms with Crippen LogP contribution in [0.2, 0.25) is 0 Å². The van der Waals surface area contributed by atoms with Crippen molar-refractivity contribution < 1.29 is 14.3 Å². The minimum atomic E-state index is -0.362. The van der Waals surface area contributed by atoms with E-state index < -0.39 is 0 Å². The quantitative estimate of drug-likeness (QED) is 0.599. The topological polar surface area (TPSA) is 93.2 Å². The summed E-state index contributed by atoms with van der Waals surface area (Å²) in [5, 5.41) is 13.5. The monoisotopic (exact) mass is 326 g/mol. The average Bonchev–Trinajstić information content (AvgIpc) is 2.61. The van der Waals surface area contributed by atoms with E-state index in [0.717, 1.165) is 5.69 Å².